The van der Waals surface area contributed by atoms with Gasteiger partial charge in [-0.15, -0.1) is 11.8 Å². The lowest BCUT2D eigenvalue weighted by atomic mass is 10.1. The van der Waals surface area contributed by atoms with Crippen molar-refractivity contribution in [1.29, 1.82) is 0 Å². The number of aromatic carboxylic acids is 1. The van der Waals surface area contributed by atoms with Gasteiger partial charge in [-0.05, 0) is 54.8 Å². The van der Waals surface area contributed by atoms with E-state index in [1.54, 1.807) is 6.07 Å². The number of hydrogen-bond acceptors (Lipinski definition) is 4. The van der Waals surface area contributed by atoms with E-state index in [0.29, 0.717) is 11.4 Å². The summed E-state index contributed by atoms with van der Waals surface area (Å²) in [6, 6.07) is 21.0. The summed E-state index contributed by atoms with van der Waals surface area (Å²) in [5.74, 6) is -1.36. The summed E-state index contributed by atoms with van der Waals surface area (Å²) in [7, 11) is 0. The summed E-state index contributed by atoms with van der Waals surface area (Å²) in [5, 5.41) is 14.5. The number of hydrogen-bond donors (Lipinski definition) is 3. The van der Waals surface area contributed by atoms with Gasteiger partial charge < -0.3 is 15.7 Å². The quantitative estimate of drug-likeness (QED) is 0.351. The lowest BCUT2D eigenvalue weighted by Gasteiger charge is -2.18. The van der Waals surface area contributed by atoms with Gasteiger partial charge in [0.05, 0.1) is 10.6 Å². The first kappa shape index (κ1) is 22.9. The number of anilines is 2. The second-order valence-corrected chi connectivity index (χ2v) is 9.27. The minimum absolute atomic E-state index is 0.0199. The van der Waals surface area contributed by atoms with Crippen molar-refractivity contribution in [2.45, 2.75) is 23.0 Å². The average molecular weight is 481 g/mol. The third kappa shape index (κ3) is 5.94. The molecular formula is C25H21ClN2O4S. The van der Waals surface area contributed by atoms with E-state index in [0.717, 1.165) is 23.3 Å². The van der Waals surface area contributed by atoms with E-state index in [1.807, 2.05) is 54.6 Å². The van der Waals surface area contributed by atoms with Crippen LogP contribution in [0.4, 0.5) is 11.4 Å². The van der Waals surface area contributed by atoms with E-state index in [4.69, 9.17) is 11.6 Å². The largest absolute Gasteiger partial charge is 0.478 e. The van der Waals surface area contributed by atoms with Crippen LogP contribution in [0.3, 0.4) is 0 Å². The predicted molar refractivity (Wildman–Crippen MR) is 130 cm³/mol. The lowest BCUT2D eigenvalue weighted by molar-refractivity contribution is -0.117. The number of halogens is 1. The topological polar surface area (TPSA) is 95.5 Å². The van der Waals surface area contributed by atoms with Crippen molar-refractivity contribution in [3.05, 3.63) is 88.9 Å². The first-order valence-corrected chi connectivity index (χ1v) is 11.6. The van der Waals surface area contributed by atoms with E-state index >= 15 is 0 Å². The van der Waals surface area contributed by atoms with Gasteiger partial charge in [-0.3, -0.25) is 9.59 Å². The highest BCUT2D eigenvalue weighted by atomic mass is 35.5. The highest BCUT2D eigenvalue weighted by molar-refractivity contribution is 8.00. The van der Waals surface area contributed by atoms with Crippen LogP contribution in [0.2, 0.25) is 5.02 Å². The number of amides is 2. The van der Waals surface area contributed by atoms with Crippen molar-refractivity contribution in [2.75, 3.05) is 10.6 Å². The van der Waals surface area contributed by atoms with Gasteiger partial charge in [0.2, 0.25) is 11.8 Å². The summed E-state index contributed by atoms with van der Waals surface area (Å²) in [5.41, 5.74) is 1.74. The molecule has 0 aliphatic heterocycles. The summed E-state index contributed by atoms with van der Waals surface area (Å²) >= 11 is 7.28. The number of carboxylic acids is 1. The molecule has 0 aromatic heterocycles. The third-order valence-electron chi connectivity index (χ3n) is 5.11. The summed E-state index contributed by atoms with van der Waals surface area (Å²) in [6.45, 7) is 0. The molecule has 0 radical (unpaired) electrons. The molecule has 1 aliphatic rings. The fraction of sp³-hybridized carbons (Fsp3) is 0.160. The van der Waals surface area contributed by atoms with Crippen molar-refractivity contribution in [3.8, 4) is 0 Å². The van der Waals surface area contributed by atoms with E-state index in [9.17, 15) is 19.5 Å². The Hall–Kier alpha value is -3.29. The molecule has 0 saturated heterocycles. The molecule has 0 spiro atoms. The van der Waals surface area contributed by atoms with Gasteiger partial charge in [0, 0.05) is 22.2 Å². The van der Waals surface area contributed by atoms with E-state index in [1.165, 1.54) is 23.9 Å². The first-order valence-electron chi connectivity index (χ1n) is 10.4. The number of rotatable bonds is 8. The van der Waals surface area contributed by atoms with Crippen LogP contribution < -0.4 is 10.6 Å². The van der Waals surface area contributed by atoms with Crippen molar-refractivity contribution in [3.63, 3.8) is 0 Å². The van der Waals surface area contributed by atoms with Crippen LogP contribution >= 0.6 is 23.4 Å². The number of carbonyl (C=O) groups is 3. The zero-order valence-corrected chi connectivity index (χ0v) is 19.0. The molecule has 8 heteroatoms. The molecule has 3 aromatic rings. The van der Waals surface area contributed by atoms with E-state index in [2.05, 4.69) is 10.6 Å². The molecule has 3 N–H and O–H groups in total. The number of thioether (sulfide) groups is 1. The maximum atomic E-state index is 13.3. The molecule has 2 amide bonds. The molecule has 33 heavy (non-hydrogen) atoms. The minimum Gasteiger partial charge on any atom is -0.478 e. The van der Waals surface area contributed by atoms with Crippen LogP contribution in [-0.4, -0.2) is 22.9 Å². The van der Waals surface area contributed by atoms with Crippen molar-refractivity contribution >= 4 is 52.5 Å². The van der Waals surface area contributed by atoms with Gasteiger partial charge in [-0.1, -0.05) is 48.0 Å². The van der Waals surface area contributed by atoms with Gasteiger partial charge >= 0.3 is 5.97 Å². The fourth-order valence-corrected chi connectivity index (χ4v) is 4.53. The monoisotopic (exact) mass is 480 g/mol. The molecule has 1 saturated carbocycles. The summed E-state index contributed by atoms with van der Waals surface area (Å²) in [6.07, 6.45) is 1.84. The Labute approximate surface area is 200 Å². The number of carboxylic acid groups (broad SMARTS) is 1. The zero-order valence-electron chi connectivity index (χ0n) is 17.5. The van der Waals surface area contributed by atoms with Crippen LogP contribution in [0.5, 0.6) is 0 Å². The Morgan fingerprint density at radius 2 is 1.64 bits per heavy atom. The van der Waals surface area contributed by atoms with Crippen LogP contribution in [0, 0.1) is 5.92 Å². The smallest absolute Gasteiger partial charge is 0.337 e. The molecule has 1 fully saturated rings. The van der Waals surface area contributed by atoms with Crippen LogP contribution in [-0.2, 0) is 9.59 Å². The second kappa shape index (κ2) is 10.1. The highest BCUT2D eigenvalue weighted by Crippen LogP contribution is 2.38. The molecular weight excluding hydrogens is 460 g/mol. The first-order chi connectivity index (χ1) is 15.9. The van der Waals surface area contributed by atoms with Crippen molar-refractivity contribution in [2.24, 2.45) is 5.92 Å². The van der Waals surface area contributed by atoms with Crippen LogP contribution in [0.15, 0.2) is 77.7 Å². The number of carbonyl (C=O) groups excluding carboxylic acids is 2. The summed E-state index contributed by atoms with van der Waals surface area (Å²) < 4.78 is 0. The molecule has 168 valence electrons. The molecule has 6 nitrogen and oxygen atoms in total. The Kier molecular flexibility index (Phi) is 7.01. The van der Waals surface area contributed by atoms with Crippen molar-refractivity contribution < 1.29 is 19.5 Å². The molecule has 1 atom stereocenters. The van der Waals surface area contributed by atoms with Gasteiger partial charge in [-0.2, -0.15) is 0 Å². The van der Waals surface area contributed by atoms with Crippen molar-refractivity contribution in [1.82, 2.24) is 0 Å². The maximum absolute atomic E-state index is 13.3. The standard InChI is InChI=1S/C25H21ClN2O4S/c26-21-12-11-18(14-20(21)25(31)32)28-24(30)22(15-5-2-1-3-6-15)33-19-8-4-7-17(13-19)27-23(29)16-9-10-16/h1-8,11-14,16,22H,9-10H2,(H,27,29)(H,28,30)(H,31,32). The average Bonchev–Trinajstić information content (AvgIpc) is 3.65. The number of nitrogens with one attached hydrogen (secondary N) is 2. The summed E-state index contributed by atoms with van der Waals surface area (Å²) in [4.78, 5) is 37.6. The van der Waals surface area contributed by atoms with Gasteiger partial charge in [-0.25, -0.2) is 4.79 Å². The molecule has 0 bridgehead atoms. The SMILES string of the molecule is O=C(O)c1cc(NC(=O)C(Sc2cccc(NC(=O)C3CC3)c2)c2ccccc2)ccc1Cl. The Balaban J connectivity index is 1.56. The molecule has 1 unspecified atom stereocenters. The van der Waals surface area contributed by atoms with Gasteiger partial charge in [0.1, 0.15) is 5.25 Å². The fourth-order valence-electron chi connectivity index (χ4n) is 3.25. The Morgan fingerprint density at radius 3 is 2.33 bits per heavy atom. The minimum atomic E-state index is -1.17. The third-order valence-corrected chi connectivity index (χ3v) is 6.69. The Morgan fingerprint density at radius 1 is 0.909 bits per heavy atom. The molecule has 3 aromatic carbocycles. The zero-order chi connectivity index (χ0) is 23.4. The molecule has 1 aliphatic carbocycles. The molecule has 0 heterocycles. The van der Waals surface area contributed by atoms with Gasteiger partial charge in [0.25, 0.3) is 0 Å². The van der Waals surface area contributed by atoms with E-state index < -0.39 is 11.2 Å². The normalized spacial score (nSPS) is 13.7. The van der Waals surface area contributed by atoms with Gasteiger partial charge in [0.15, 0.2) is 0 Å². The lowest BCUT2D eigenvalue weighted by Crippen LogP contribution is -2.19. The molecule has 4 rings (SSSR count). The van der Waals surface area contributed by atoms with Crippen LogP contribution in [0.1, 0.15) is 34.0 Å². The second-order valence-electron chi connectivity index (χ2n) is 7.69. The van der Waals surface area contributed by atoms with Crippen LogP contribution in [0.25, 0.3) is 0 Å². The highest BCUT2D eigenvalue weighted by Gasteiger charge is 2.29. The Bertz CT molecular complexity index is 1200. The predicted octanol–water partition coefficient (Wildman–Crippen LogP) is 5.86. The maximum Gasteiger partial charge on any atom is 0.337 e. The number of benzene rings is 3. The van der Waals surface area contributed by atoms with E-state index in [-0.39, 0.29) is 28.3 Å².